The maximum absolute atomic E-state index is 13.2. The lowest BCUT2D eigenvalue weighted by molar-refractivity contribution is -0.125. The van der Waals surface area contributed by atoms with Gasteiger partial charge in [0, 0.05) is 31.9 Å². The third-order valence-electron chi connectivity index (χ3n) is 5.33. The number of aromatic nitrogens is 3. The van der Waals surface area contributed by atoms with E-state index in [0.717, 1.165) is 27.9 Å². The van der Waals surface area contributed by atoms with E-state index in [1.54, 1.807) is 11.8 Å². The van der Waals surface area contributed by atoms with Crippen LogP contribution in [0.3, 0.4) is 0 Å². The second-order valence-corrected chi connectivity index (χ2v) is 9.59. The fourth-order valence-electron chi connectivity index (χ4n) is 4.10. The zero-order valence-electron chi connectivity index (χ0n) is 17.1. The Bertz CT molecular complexity index is 929. The van der Waals surface area contributed by atoms with Gasteiger partial charge >= 0.3 is 0 Å². The molecule has 1 N–H and O–H groups in total. The molecule has 2 aliphatic rings. The standard InChI is InChI=1S/C21H27N5OS/c1-6-28-20-23-19-22-15-11-21(2,3)12-16(27)17(15)18(26(19)24-20)13-7-9-14(10-8-13)25(4)5/h7-11,17-18H,6,12H2,1-5H3,(H,22,23,24)/t17-,18+/m0/s1. The third-order valence-corrected chi connectivity index (χ3v) is 6.05. The summed E-state index contributed by atoms with van der Waals surface area (Å²) in [5.74, 6) is 1.61. The number of allylic oxidation sites excluding steroid dienone is 2. The highest BCUT2D eigenvalue weighted by Gasteiger charge is 2.45. The number of rotatable bonds is 4. The van der Waals surface area contributed by atoms with Crippen molar-refractivity contribution in [2.75, 3.05) is 30.1 Å². The molecule has 0 radical (unpaired) electrons. The molecule has 0 fully saturated rings. The number of Topliss-reactive ketones (excluding diaryl/α,β-unsaturated/α-hetero) is 1. The van der Waals surface area contributed by atoms with Crippen LogP contribution >= 0.6 is 11.8 Å². The second kappa shape index (κ2) is 6.95. The summed E-state index contributed by atoms with van der Waals surface area (Å²) in [7, 11) is 4.05. The van der Waals surface area contributed by atoms with Crippen LogP contribution in [0.15, 0.2) is 41.2 Å². The number of thioether (sulfide) groups is 1. The number of carbonyl (C=O) groups excluding carboxylic acids is 1. The van der Waals surface area contributed by atoms with Crippen LogP contribution in [0.4, 0.5) is 11.6 Å². The molecule has 0 spiro atoms. The molecule has 6 nitrogen and oxygen atoms in total. The maximum Gasteiger partial charge on any atom is 0.227 e. The molecule has 1 aliphatic carbocycles. The summed E-state index contributed by atoms with van der Waals surface area (Å²) in [6.45, 7) is 6.30. The smallest absolute Gasteiger partial charge is 0.227 e. The highest BCUT2D eigenvalue weighted by Crippen LogP contribution is 2.45. The predicted molar refractivity (Wildman–Crippen MR) is 114 cm³/mol. The molecule has 148 valence electrons. The van der Waals surface area contributed by atoms with E-state index in [1.807, 2.05) is 18.8 Å². The highest BCUT2D eigenvalue weighted by molar-refractivity contribution is 7.99. The number of benzene rings is 1. The molecule has 0 amide bonds. The molecule has 1 aliphatic heterocycles. The van der Waals surface area contributed by atoms with Gasteiger partial charge in [0.1, 0.15) is 5.78 Å². The van der Waals surface area contributed by atoms with Crippen molar-refractivity contribution in [3.8, 4) is 0 Å². The number of nitrogens with zero attached hydrogens (tertiary/aromatic N) is 4. The Morgan fingerprint density at radius 1 is 1.29 bits per heavy atom. The molecule has 2 heterocycles. The predicted octanol–water partition coefficient (Wildman–Crippen LogP) is 3.97. The Balaban J connectivity index is 1.84. The van der Waals surface area contributed by atoms with E-state index in [1.165, 1.54) is 0 Å². The van der Waals surface area contributed by atoms with Gasteiger partial charge in [-0.25, -0.2) is 4.68 Å². The van der Waals surface area contributed by atoms with Crippen molar-refractivity contribution in [3.05, 3.63) is 41.6 Å². The number of anilines is 2. The molecule has 0 saturated carbocycles. The van der Waals surface area contributed by atoms with Crippen molar-refractivity contribution in [2.45, 2.75) is 38.4 Å². The highest BCUT2D eigenvalue weighted by atomic mass is 32.2. The van der Waals surface area contributed by atoms with E-state index in [9.17, 15) is 4.79 Å². The van der Waals surface area contributed by atoms with Crippen LogP contribution in [0.1, 0.15) is 38.8 Å². The fourth-order valence-corrected chi connectivity index (χ4v) is 4.66. The largest absolute Gasteiger partial charge is 0.378 e. The van der Waals surface area contributed by atoms with Crippen molar-refractivity contribution in [1.82, 2.24) is 14.8 Å². The Hall–Kier alpha value is -2.28. The van der Waals surface area contributed by atoms with E-state index in [0.29, 0.717) is 12.4 Å². The van der Waals surface area contributed by atoms with Crippen LogP contribution in [0.2, 0.25) is 0 Å². The number of carbonyl (C=O) groups is 1. The van der Waals surface area contributed by atoms with Crippen LogP contribution in [0, 0.1) is 11.3 Å². The molecule has 2 aromatic rings. The van der Waals surface area contributed by atoms with Gasteiger partial charge in [-0.05, 0) is 28.9 Å². The van der Waals surface area contributed by atoms with Gasteiger partial charge in [-0.2, -0.15) is 4.98 Å². The van der Waals surface area contributed by atoms with E-state index < -0.39 is 0 Å². The van der Waals surface area contributed by atoms with Crippen LogP contribution in [0.25, 0.3) is 0 Å². The molecule has 1 aromatic carbocycles. The van der Waals surface area contributed by atoms with Crippen molar-refractivity contribution in [2.24, 2.45) is 11.3 Å². The average molecular weight is 398 g/mol. The summed E-state index contributed by atoms with van der Waals surface area (Å²) in [5.41, 5.74) is 3.01. The molecular weight excluding hydrogens is 370 g/mol. The lowest BCUT2D eigenvalue weighted by atomic mass is 9.72. The fraction of sp³-hybridized carbons (Fsp3) is 0.476. The van der Waals surface area contributed by atoms with Crippen molar-refractivity contribution >= 4 is 29.2 Å². The number of fused-ring (bicyclic) bond motifs is 2. The molecule has 0 bridgehead atoms. The molecule has 2 atom stereocenters. The van der Waals surface area contributed by atoms with Crippen molar-refractivity contribution in [3.63, 3.8) is 0 Å². The number of ketones is 1. The number of hydrogen-bond donors (Lipinski definition) is 1. The molecule has 0 unspecified atom stereocenters. The first-order valence-electron chi connectivity index (χ1n) is 9.68. The average Bonchev–Trinajstić information content (AvgIpc) is 3.01. The first-order valence-corrected chi connectivity index (χ1v) is 10.7. The quantitative estimate of drug-likeness (QED) is 0.788. The van der Waals surface area contributed by atoms with Crippen molar-refractivity contribution < 1.29 is 4.79 Å². The summed E-state index contributed by atoms with van der Waals surface area (Å²) in [6.07, 6.45) is 2.74. The summed E-state index contributed by atoms with van der Waals surface area (Å²) >= 11 is 1.61. The minimum atomic E-state index is -0.257. The Morgan fingerprint density at radius 3 is 2.64 bits per heavy atom. The Kier molecular flexibility index (Phi) is 4.73. The second-order valence-electron chi connectivity index (χ2n) is 8.36. The van der Waals surface area contributed by atoms with E-state index >= 15 is 0 Å². The van der Waals surface area contributed by atoms with Gasteiger partial charge in [0.2, 0.25) is 11.1 Å². The van der Waals surface area contributed by atoms with Gasteiger partial charge in [0.05, 0.1) is 12.0 Å². The molecule has 28 heavy (non-hydrogen) atoms. The topological polar surface area (TPSA) is 63.1 Å². The number of hydrogen-bond acceptors (Lipinski definition) is 6. The van der Waals surface area contributed by atoms with Gasteiger partial charge in [-0.3, -0.25) is 4.79 Å². The van der Waals surface area contributed by atoms with E-state index in [4.69, 9.17) is 5.10 Å². The Labute approximate surface area is 170 Å². The first-order chi connectivity index (χ1) is 13.3. The van der Waals surface area contributed by atoms with Crippen LogP contribution in [-0.2, 0) is 4.79 Å². The summed E-state index contributed by atoms with van der Waals surface area (Å²) in [5, 5.41) is 8.88. The summed E-state index contributed by atoms with van der Waals surface area (Å²) in [4.78, 5) is 19.9. The normalized spacial score (nSPS) is 22.8. The van der Waals surface area contributed by atoms with Crippen LogP contribution in [-0.4, -0.2) is 40.4 Å². The molecule has 7 heteroatoms. The van der Waals surface area contributed by atoms with Gasteiger partial charge in [0.15, 0.2) is 0 Å². The minimum absolute atomic E-state index is 0.154. The SMILES string of the molecule is CCSc1nc2n(n1)[C@H](c1ccc(N(C)C)cc1)[C@@H]1C(=O)CC(C)(C)C=C1N2. The monoisotopic (exact) mass is 397 g/mol. The Morgan fingerprint density at radius 2 is 2.00 bits per heavy atom. The summed E-state index contributed by atoms with van der Waals surface area (Å²) < 4.78 is 1.90. The van der Waals surface area contributed by atoms with Gasteiger partial charge in [-0.15, -0.1) is 5.10 Å². The molecule has 4 rings (SSSR count). The molecular formula is C21H27N5OS. The van der Waals surface area contributed by atoms with Gasteiger partial charge in [0.25, 0.3) is 0 Å². The van der Waals surface area contributed by atoms with E-state index in [2.05, 4.69) is 66.3 Å². The van der Waals surface area contributed by atoms with Crippen LogP contribution in [0.5, 0.6) is 0 Å². The third kappa shape index (κ3) is 3.32. The van der Waals surface area contributed by atoms with Gasteiger partial charge in [-0.1, -0.05) is 50.7 Å². The van der Waals surface area contributed by atoms with Gasteiger partial charge < -0.3 is 10.2 Å². The molecule has 1 aromatic heterocycles. The number of nitrogens with one attached hydrogen (secondary N) is 1. The first kappa shape index (κ1) is 19.1. The summed E-state index contributed by atoms with van der Waals surface area (Å²) in [6, 6.07) is 8.22. The lowest BCUT2D eigenvalue weighted by Crippen LogP contribution is -2.42. The minimum Gasteiger partial charge on any atom is -0.378 e. The van der Waals surface area contributed by atoms with Crippen LogP contribution < -0.4 is 10.2 Å². The zero-order chi connectivity index (χ0) is 20.1. The van der Waals surface area contributed by atoms with E-state index in [-0.39, 0.29) is 23.2 Å². The zero-order valence-corrected chi connectivity index (χ0v) is 17.9. The van der Waals surface area contributed by atoms with Crippen molar-refractivity contribution in [1.29, 1.82) is 0 Å². The maximum atomic E-state index is 13.2. The lowest BCUT2D eigenvalue weighted by Gasteiger charge is -2.40. The molecule has 0 saturated heterocycles.